The van der Waals surface area contributed by atoms with Crippen molar-refractivity contribution in [3.63, 3.8) is 0 Å². The monoisotopic (exact) mass is 412 g/mol. The highest BCUT2D eigenvalue weighted by atomic mass is 32.2. The fraction of sp³-hybridized carbons (Fsp3) is 0.250. The third-order valence-electron chi connectivity index (χ3n) is 4.32. The van der Waals surface area contributed by atoms with Crippen molar-refractivity contribution in [2.75, 3.05) is 13.7 Å². The summed E-state index contributed by atoms with van der Waals surface area (Å²) in [6.07, 6.45) is 0. The average molecular weight is 412 g/mol. The standard InChI is InChI=1S/C20H20N4O4S/c1-13-5-4-6-17(11-13)24-14(2)21-22-20(24)29-18(12-23(26)27)15-7-9-16(10-8-15)19(25)28-3/h4-11,18H,12H2,1-3H3/t18-/m0/s1. The van der Waals surface area contributed by atoms with E-state index < -0.39 is 11.2 Å². The van der Waals surface area contributed by atoms with E-state index in [1.165, 1.54) is 18.9 Å². The Labute approximate surface area is 172 Å². The minimum atomic E-state index is -0.496. The van der Waals surface area contributed by atoms with Crippen LogP contribution in [-0.4, -0.2) is 39.3 Å². The van der Waals surface area contributed by atoms with Crippen molar-refractivity contribution in [2.45, 2.75) is 24.3 Å². The Morgan fingerprint density at radius 2 is 1.93 bits per heavy atom. The summed E-state index contributed by atoms with van der Waals surface area (Å²) in [5.74, 6) is 0.240. The molecule has 0 unspecified atom stereocenters. The normalized spacial score (nSPS) is 11.8. The number of nitro groups is 1. The third-order valence-corrected chi connectivity index (χ3v) is 5.50. The zero-order chi connectivity index (χ0) is 21.0. The number of hydrogen-bond donors (Lipinski definition) is 0. The zero-order valence-electron chi connectivity index (χ0n) is 16.2. The molecule has 1 atom stereocenters. The van der Waals surface area contributed by atoms with Crippen molar-refractivity contribution >= 4 is 17.7 Å². The summed E-state index contributed by atoms with van der Waals surface area (Å²) in [6.45, 7) is 3.55. The van der Waals surface area contributed by atoms with Crippen LogP contribution in [0.3, 0.4) is 0 Å². The first-order valence-corrected chi connectivity index (χ1v) is 9.73. The summed E-state index contributed by atoms with van der Waals surface area (Å²) in [6, 6.07) is 14.5. The fourth-order valence-electron chi connectivity index (χ4n) is 2.91. The smallest absolute Gasteiger partial charge is 0.337 e. The predicted octanol–water partition coefficient (Wildman–Crippen LogP) is 3.78. The summed E-state index contributed by atoms with van der Waals surface area (Å²) in [5, 5.41) is 19.7. The van der Waals surface area contributed by atoms with Crippen molar-refractivity contribution in [2.24, 2.45) is 0 Å². The second-order valence-electron chi connectivity index (χ2n) is 6.44. The Bertz CT molecular complexity index is 1030. The molecule has 29 heavy (non-hydrogen) atoms. The van der Waals surface area contributed by atoms with E-state index in [4.69, 9.17) is 4.74 Å². The summed E-state index contributed by atoms with van der Waals surface area (Å²) < 4.78 is 6.58. The van der Waals surface area contributed by atoms with Gasteiger partial charge in [0, 0.05) is 10.6 Å². The number of rotatable bonds is 7. The second-order valence-corrected chi connectivity index (χ2v) is 7.61. The molecule has 2 aromatic carbocycles. The quantitative estimate of drug-likeness (QED) is 0.252. The Morgan fingerprint density at radius 1 is 1.21 bits per heavy atom. The maximum absolute atomic E-state index is 11.6. The molecule has 0 aliphatic carbocycles. The van der Waals surface area contributed by atoms with Crippen molar-refractivity contribution in [1.29, 1.82) is 0 Å². The highest BCUT2D eigenvalue weighted by molar-refractivity contribution is 7.99. The maximum Gasteiger partial charge on any atom is 0.337 e. The second kappa shape index (κ2) is 8.87. The highest BCUT2D eigenvalue weighted by Gasteiger charge is 2.24. The van der Waals surface area contributed by atoms with Gasteiger partial charge in [-0.05, 0) is 49.2 Å². The molecule has 150 valence electrons. The molecule has 0 aliphatic rings. The first-order valence-electron chi connectivity index (χ1n) is 8.85. The number of ether oxygens (including phenoxy) is 1. The number of hydrogen-bond acceptors (Lipinski definition) is 7. The van der Waals surface area contributed by atoms with E-state index in [2.05, 4.69) is 10.2 Å². The number of carbonyl (C=O) groups excluding carboxylic acids is 1. The number of aryl methyl sites for hydroxylation is 2. The minimum absolute atomic E-state index is 0.290. The Balaban J connectivity index is 1.94. The highest BCUT2D eigenvalue weighted by Crippen LogP contribution is 2.36. The molecule has 0 N–H and O–H groups in total. The Kier molecular flexibility index (Phi) is 6.28. The SMILES string of the molecule is COC(=O)c1ccc([C@H](C[N+](=O)[O-])Sc2nnc(C)n2-c2cccc(C)c2)cc1. The van der Waals surface area contributed by atoms with Crippen molar-refractivity contribution in [3.8, 4) is 5.69 Å². The van der Waals surface area contributed by atoms with Crippen LogP contribution in [-0.2, 0) is 4.74 Å². The van der Waals surface area contributed by atoms with Crippen LogP contribution >= 0.6 is 11.8 Å². The molecule has 9 heteroatoms. The number of carbonyl (C=O) groups is 1. The van der Waals surface area contributed by atoms with Gasteiger partial charge in [0.25, 0.3) is 0 Å². The number of esters is 1. The number of methoxy groups -OCH3 is 1. The first-order chi connectivity index (χ1) is 13.9. The molecule has 1 aromatic heterocycles. The summed E-state index contributed by atoms with van der Waals surface area (Å²) in [5.41, 5.74) is 3.10. The largest absolute Gasteiger partial charge is 0.465 e. The van der Waals surface area contributed by atoms with Gasteiger partial charge in [0.15, 0.2) is 5.16 Å². The molecule has 0 saturated carbocycles. The van der Waals surface area contributed by atoms with Gasteiger partial charge in [0.2, 0.25) is 6.54 Å². The van der Waals surface area contributed by atoms with Gasteiger partial charge in [0.05, 0.1) is 12.7 Å². The van der Waals surface area contributed by atoms with Gasteiger partial charge in [-0.3, -0.25) is 14.7 Å². The average Bonchev–Trinajstić information content (AvgIpc) is 3.06. The summed E-state index contributed by atoms with van der Waals surface area (Å²) in [4.78, 5) is 22.6. The number of nitrogens with zero attached hydrogens (tertiary/aromatic N) is 4. The van der Waals surface area contributed by atoms with E-state index in [9.17, 15) is 14.9 Å². The van der Waals surface area contributed by atoms with Crippen LogP contribution in [0.25, 0.3) is 5.69 Å². The van der Waals surface area contributed by atoms with E-state index in [1.54, 1.807) is 24.3 Å². The van der Waals surface area contributed by atoms with E-state index in [1.807, 2.05) is 42.7 Å². The lowest BCUT2D eigenvalue weighted by atomic mass is 10.1. The van der Waals surface area contributed by atoms with Crippen molar-refractivity contribution in [3.05, 3.63) is 81.2 Å². The van der Waals surface area contributed by atoms with Crippen molar-refractivity contribution in [1.82, 2.24) is 14.8 Å². The predicted molar refractivity (Wildman–Crippen MR) is 109 cm³/mol. The van der Waals surface area contributed by atoms with E-state index in [-0.39, 0.29) is 11.5 Å². The molecular weight excluding hydrogens is 392 g/mol. The lowest BCUT2D eigenvalue weighted by molar-refractivity contribution is -0.479. The lowest BCUT2D eigenvalue weighted by Gasteiger charge is -2.15. The molecule has 3 aromatic rings. The van der Waals surface area contributed by atoms with Crippen LogP contribution in [0.5, 0.6) is 0 Å². The Morgan fingerprint density at radius 3 is 2.55 bits per heavy atom. The molecule has 3 rings (SSSR count). The van der Waals surface area contributed by atoms with Gasteiger partial charge in [-0.25, -0.2) is 4.79 Å². The maximum atomic E-state index is 11.6. The number of thioether (sulfide) groups is 1. The van der Waals surface area contributed by atoms with Gasteiger partial charge in [-0.2, -0.15) is 0 Å². The third kappa shape index (κ3) is 4.80. The number of benzene rings is 2. The van der Waals surface area contributed by atoms with Crippen molar-refractivity contribution < 1.29 is 14.5 Å². The molecule has 0 spiro atoms. The van der Waals surface area contributed by atoms with Crippen LogP contribution in [0.4, 0.5) is 0 Å². The van der Waals surface area contributed by atoms with Crippen LogP contribution in [0.1, 0.15) is 32.6 Å². The van der Waals surface area contributed by atoms with E-state index in [0.29, 0.717) is 16.5 Å². The molecule has 0 amide bonds. The first kappa shape index (κ1) is 20.5. The summed E-state index contributed by atoms with van der Waals surface area (Å²) >= 11 is 1.27. The topological polar surface area (TPSA) is 100 Å². The number of aromatic nitrogens is 3. The van der Waals surface area contributed by atoms with Crippen LogP contribution < -0.4 is 0 Å². The zero-order valence-corrected chi connectivity index (χ0v) is 17.0. The molecule has 1 heterocycles. The van der Waals surface area contributed by atoms with Gasteiger partial charge < -0.3 is 4.74 Å². The molecule has 0 aliphatic heterocycles. The molecular formula is C20H20N4O4S. The Hall–Kier alpha value is -3.20. The molecule has 0 saturated heterocycles. The van der Waals surface area contributed by atoms with Gasteiger partial charge in [0.1, 0.15) is 11.1 Å². The minimum Gasteiger partial charge on any atom is -0.465 e. The fourth-order valence-corrected chi connectivity index (χ4v) is 4.08. The summed E-state index contributed by atoms with van der Waals surface area (Å²) in [7, 11) is 1.31. The van der Waals surface area contributed by atoms with E-state index >= 15 is 0 Å². The molecule has 0 bridgehead atoms. The van der Waals surface area contributed by atoms with Crippen LogP contribution in [0, 0.1) is 24.0 Å². The van der Waals surface area contributed by atoms with Gasteiger partial charge >= 0.3 is 5.97 Å². The van der Waals surface area contributed by atoms with E-state index in [0.717, 1.165) is 16.8 Å². The van der Waals surface area contributed by atoms with Crippen LogP contribution in [0.15, 0.2) is 53.7 Å². The molecule has 8 nitrogen and oxygen atoms in total. The van der Waals surface area contributed by atoms with Crippen LogP contribution in [0.2, 0.25) is 0 Å². The van der Waals surface area contributed by atoms with Gasteiger partial charge in [-0.15, -0.1) is 10.2 Å². The molecule has 0 radical (unpaired) electrons. The lowest BCUT2D eigenvalue weighted by Crippen LogP contribution is -2.11. The van der Waals surface area contributed by atoms with Gasteiger partial charge in [-0.1, -0.05) is 36.0 Å². The molecule has 0 fully saturated rings.